The van der Waals surface area contributed by atoms with Crippen molar-refractivity contribution in [3.05, 3.63) is 53.2 Å². The lowest BCUT2D eigenvalue weighted by molar-refractivity contribution is 0.190. The highest BCUT2D eigenvalue weighted by molar-refractivity contribution is 6.30. The van der Waals surface area contributed by atoms with Gasteiger partial charge in [0.15, 0.2) is 0 Å². The van der Waals surface area contributed by atoms with Crippen LogP contribution in [0.25, 0.3) is 0 Å². The van der Waals surface area contributed by atoms with Crippen LogP contribution in [0.3, 0.4) is 0 Å². The number of benzene rings is 1. The van der Waals surface area contributed by atoms with Gasteiger partial charge in [-0.2, -0.15) is 0 Å². The number of ether oxygens (including phenoxy) is 1. The van der Waals surface area contributed by atoms with E-state index in [0.717, 1.165) is 12.0 Å². The van der Waals surface area contributed by atoms with Gasteiger partial charge in [-0.05, 0) is 30.7 Å². The number of halogens is 1. The third-order valence-electron chi connectivity index (χ3n) is 3.68. The first-order valence-corrected chi connectivity index (χ1v) is 7.89. The third kappa shape index (κ3) is 4.13. The minimum atomic E-state index is -0.143. The SMILES string of the molecule is Cc1ccc(OC2CCN(C(=O)Nc3cccc(Cl)c3)C2)nc1. The van der Waals surface area contributed by atoms with Gasteiger partial charge in [-0.15, -0.1) is 0 Å². The van der Waals surface area contributed by atoms with Crippen LogP contribution in [0.5, 0.6) is 5.88 Å². The first-order valence-electron chi connectivity index (χ1n) is 7.51. The summed E-state index contributed by atoms with van der Waals surface area (Å²) >= 11 is 5.92. The highest BCUT2D eigenvalue weighted by Gasteiger charge is 2.28. The molecule has 1 saturated heterocycles. The molecule has 1 N–H and O–H groups in total. The van der Waals surface area contributed by atoms with Gasteiger partial charge in [-0.1, -0.05) is 23.7 Å². The zero-order chi connectivity index (χ0) is 16.2. The lowest BCUT2D eigenvalue weighted by atomic mass is 10.3. The molecule has 0 aliphatic carbocycles. The molecular formula is C17H18ClN3O2. The maximum Gasteiger partial charge on any atom is 0.321 e. The van der Waals surface area contributed by atoms with E-state index < -0.39 is 0 Å². The Labute approximate surface area is 140 Å². The van der Waals surface area contributed by atoms with Crippen molar-refractivity contribution < 1.29 is 9.53 Å². The van der Waals surface area contributed by atoms with Crippen molar-refractivity contribution in [3.63, 3.8) is 0 Å². The predicted molar refractivity (Wildman–Crippen MR) is 90.1 cm³/mol. The van der Waals surface area contributed by atoms with Crippen LogP contribution in [0.1, 0.15) is 12.0 Å². The molecule has 1 unspecified atom stereocenters. The minimum Gasteiger partial charge on any atom is -0.472 e. The summed E-state index contributed by atoms with van der Waals surface area (Å²) in [6.07, 6.45) is 2.53. The van der Waals surface area contributed by atoms with Crippen molar-refractivity contribution in [2.75, 3.05) is 18.4 Å². The summed E-state index contributed by atoms with van der Waals surface area (Å²) in [5, 5.41) is 3.44. The molecule has 2 aromatic rings. The monoisotopic (exact) mass is 331 g/mol. The smallest absolute Gasteiger partial charge is 0.321 e. The zero-order valence-electron chi connectivity index (χ0n) is 12.8. The van der Waals surface area contributed by atoms with E-state index in [-0.39, 0.29) is 12.1 Å². The normalized spacial score (nSPS) is 17.1. The van der Waals surface area contributed by atoms with E-state index in [2.05, 4.69) is 10.3 Å². The highest BCUT2D eigenvalue weighted by atomic mass is 35.5. The fourth-order valence-corrected chi connectivity index (χ4v) is 2.66. The molecule has 5 nitrogen and oxygen atoms in total. The quantitative estimate of drug-likeness (QED) is 0.932. The largest absolute Gasteiger partial charge is 0.472 e. The zero-order valence-corrected chi connectivity index (χ0v) is 13.6. The molecule has 1 aromatic heterocycles. The molecule has 3 rings (SSSR count). The predicted octanol–water partition coefficient (Wildman–Crippen LogP) is 3.73. The molecule has 120 valence electrons. The fraction of sp³-hybridized carbons (Fsp3) is 0.294. The number of aryl methyl sites for hydroxylation is 1. The summed E-state index contributed by atoms with van der Waals surface area (Å²) in [6, 6.07) is 10.8. The van der Waals surface area contributed by atoms with Crippen molar-refractivity contribution in [2.24, 2.45) is 0 Å². The van der Waals surface area contributed by atoms with E-state index >= 15 is 0 Å². The molecule has 0 radical (unpaired) electrons. The maximum absolute atomic E-state index is 12.3. The fourth-order valence-electron chi connectivity index (χ4n) is 2.47. The number of carbonyl (C=O) groups excluding carboxylic acids is 1. The molecule has 6 heteroatoms. The lowest BCUT2D eigenvalue weighted by Crippen LogP contribution is -2.34. The number of aromatic nitrogens is 1. The van der Waals surface area contributed by atoms with Crippen LogP contribution in [-0.4, -0.2) is 35.1 Å². The number of amides is 2. The number of urea groups is 1. The molecule has 1 aromatic carbocycles. The summed E-state index contributed by atoms with van der Waals surface area (Å²) in [5.41, 5.74) is 1.78. The number of rotatable bonds is 3. The second-order valence-corrected chi connectivity index (χ2v) is 6.03. The van der Waals surface area contributed by atoms with Gasteiger partial charge < -0.3 is 15.0 Å². The molecule has 0 bridgehead atoms. The third-order valence-corrected chi connectivity index (χ3v) is 3.91. The molecule has 23 heavy (non-hydrogen) atoms. The van der Waals surface area contributed by atoms with Gasteiger partial charge in [0.25, 0.3) is 0 Å². The van der Waals surface area contributed by atoms with Crippen LogP contribution in [0.4, 0.5) is 10.5 Å². The van der Waals surface area contributed by atoms with Crippen molar-refractivity contribution in [2.45, 2.75) is 19.4 Å². The number of hydrogen-bond acceptors (Lipinski definition) is 3. The van der Waals surface area contributed by atoms with Crippen molar-refractivity contribution >= 4 is 23.3 Å². The Morgan fingerprint density at radius 2 is 2.26 bits per heavy atom. The standard InChI is InChI=1S/C17H18ClN3O2/c1-12-5-6-16(19-10-12)23-15-7-8-21(11-15)17(22)20-14-4-2-3-13(18)9-14/h2-6,9-10,15H,7-8,11H2,1H3,(H,20,22). The van der Waals surface area contributed by atoms with Gasteiger partial charge in [0.2, 0.25) is 5.88 Å². The van der Waals surface area contributed by atoms with Gasteiger partial charge in [0.1, 0.15) is 6.10 Å². The Morgan fingerprint density at radius 1 is 1.39 bits per heavy atom. The van der Waals surface area contributed by atoms with Crippen molar-refractivity contribution in [1.82, 2.24) is 9.88 Å². The number of nitrogens with one attached hydrogen (secondary N) is 1. The molecule has 2 amide bonds. The number of anilines is 1. The van der Waals surface area contributed by atoms with Gasteiger partial charge >= 0.3 is 6.03 Å². The molecule has 1 aliphatic heterocycles. The van der Waals surface area contributed by atoms with Gasteiger partial charge in [-0.3, -0.25) is 0 Å². The second-order valence-electron chi connectivity index (χ2n) is 5.59. The first-order chi connectivity index (χ1) is 11.1. The van der Waals surface area contributed by atoms with Crippen molar-refractivity contribution in [3.8, 4) is 5.88 Å². The molecule has 1 aliphatic rings. The van der Waals surface area contributed by atoms with E-state index in [1.165, 1.54) is 0 Å². The van der Waals surface area contributed by atoms with Crippen LogP contribution >= 0.6 is 11.6 Å². The molecule has 1 fully saturated rings. The Morgan fingerprint density at radius 3 is 3.00 bits per heavy atom. The average Bonchev–Trinajstić information content (AvgIpc) is 2.98. The minimum absolute atomic E-state index is 0.0321. The highest BCUT2D eigenvalue weighted by Crippen LogP contribution is 2.19. The van der Waals surface area contributed by atoms with Gasteiger partial charge in [0, 0.05) is 35.9 Å². The van der Waals surface area contributed by atoms with Crippen LogP contribution in [-0.2, 0) is 0 Å². The molecule has 0 saturated carbocycles. The molecule has 2 heterocycles. The summed E-state index contributed by atoms with van der Waals surface area (Å²) in [6.45, 7) is 3.18. The first kappa shape index (κ1) is 15.6. The topological polar surface area (TPSA) is 54.5 Å². The molecule has 1 atom stereocenters. The van der Waals surface area contributed by atoms with Crippen LogP contribution in [0.15, 0.2) is 42.6 Å². The van der Waals surface area contributed by atoms with E-state index in [4.69, 9.17) is 16.3 Å². The lowest BCUT2D eigenvalue weighted by Gasteiger charge is -2.17. The number of pyridine rings is 1. The molecule has 0 spiro atoms. The maximum atomic E-state index is 12.3. The molecular weight excluding hydrogens is 314 g/mol. The van der Waals surface area contributed by atoms with Crippen LogP contribution in [0, 0.1) is 6.92 Å². The van der Waals surface area contributed by atoms with Crippen LogP contribution in [0.2, 0.25) is 5.02 Å². The summed E-state index contributed by atoms with van der Waals surface area (Å²) in [4.78, 5) is 18.2. The van der Waals surface area contributed by atoms with E-state index in [9.17, 15) is 4.79 Å². The number of carbonyl (C=O) groups is 1. The van der Waals surface area contributed by atoms with Crippen molar-refractivity contribution in [1.29, 1.82) is 0 Å². The van der Waals surface area contributed by atoms with Gasteiger partial charge in [0.05, 0.1) is 6.54 Å². The Bertz CT molecular complexity index is 690. The summed E-state index contributed by atoms with van der Waals surface area (Å²) in [7, 11) is 0. The van der Waals surface area contributed by atoms with Gasteiger partial charge in [-0.25, -0.2) is 9.78 Å². The van der Waals surface area contributed by atoms with E-state index in [1.54, 1.807) is 29.3 Å². The Hall–Kier alpha value is -2.27. The van der Waals surface area contributed by atoms with E-state index in [0.29, 0.717) is 29.7 Å². The number of likely N-dealkylation sites (tertiary alicyclic amines) is 1. The number of nitrogens with zero attached hydrogens (tertiary/aromatic N) is 2. The van der Waals surface area contributed by atoms with E-state index in [1.807, 2.05) is 25.1 Å². The van der Waals surface area contributed by atoms with Crippen LogP contribution < -0.4 is 10.1 Å². The Balaban J connectivity index is 1.54. The summed E-state index contributed by atoms with van der Waals surface area (Å²) < 4.78 is 5.83. The number of hydrogen-bond donors (Lipinski definition) is 1. The average molecular weight is 332 g/mol. The second kappa shape index (κ2) is 6.87. The summed E-state index contributed by atoms with van der Waals surface area (Å²) in [5.74, 6) is 0.595. The Kier molecular flexibility index (Phi) is 4.67.